The molecule has 0 bridgehead atoms. The van der Waals surface area contributed by atoms with E-state index in [4.69, 9.17) is 0 Å². The zero-order valence-electron chi connectivity index (χ0n) is 23.1. The van der Waals surface area contributed by atoms with E-state index in [1.807, 2.05) is 36.2 Å². The number of nitrogens with one attached hydrogen (secondary N) is 2. The molecule has 2 aromatic heterocycles. The third-order valence-electron chi connectivity index (χ3n) is 8.32. The van der Waals surface area contributed by atoms with E-state index >= 15 is 0 Å². The SMILES string of the molecule is CCN(c1sc2c(c1C)C(=O)N(Cc1c(C)cc(C)[nH]c1=O)CC2)[C@H]1CC[C@H](NCc2ccccc2)CC1. The molecule has 0 unspecified atom stereocenters. The Kier molecular flexibility index (Phi) is 8.05. The normalized spacial score (nSPS) is 19.5. The first-order valence-corrected chi connectivity index (χ1v) is 14.8. The minimum atomic E-state index is -0.0881. The number of hydrogen-bond acceptors (Lipinski definition) is 5. The lowest BCUT2D eigenvalue weighted by Gasteiger charge is -2.38. The second-order valence-electron chi connectivity index (χ2n) is 10.9. The maximum Gasteiger partial charge on any atom is 0.255 e. The monoisotopic (exact) mass is 532 g/mol. The molecule has 7 heteroatoms. The van der Waals surface area contributed by atoms with Crippen molar-refractivity contribution in [2.24, 2.45) is 0 Å². The molecule has 1 amide bonds. The molecule has 2 aliphatic rings. The number of aromatic nitrogens is 1. The van der Waals surface area contributed by atoms with Gasteiger partial charge in [0.05, 0.1) is 17.1 Å². The molecule has 1 aliphatic heterocycles. The van der Waals surface area contributed by atoms with Crippen molar-refractivity contribution in [2.45, 2.75) is 85.0 Å². The first-order valence-electron chi connectivity index (χ1n) is 14.0. The standard InChI is InChI=1S/C31H40N4O2S/c1-5-35(25-13-11-24(12-14-25)32-18-23-9-7-6-8-10-23)31-22(4)28-27(38-31)15-16-34(30(28)37)19-26-20(2)17-21(3)33-29(26)36/h6-10,17,24-25,32H,5,11-16,18-19H2,1-4H3,(H,33,36)/t24-,25-. The average Bonchev–Trinajstić information content (AvgIpc) is 3.24. The number of H-pyrrole nitrogens is 1. The lowest BCUT2D eigenvalue weighted by atomic mass is 9.89. The van der Waals surface area contributed by atoms with Crippen molar-refractivity contribution >= 4 is 22.2 Å². The number of nitrogens with zero attached hydrogens (tertiary/aromatic N) is 2. The summed E-state index contributed by atoms with van der Waals surface area (Å²) in [5, 5.41) is 5.02. The van der Waals surface area contributed by atoms with Crippen molar-refractivity contribution in [3.05, 3.63) is 85.1 Å². The van der Waals surface area contributed by atoms with E-state index < -0.39 is 0 Å². The Morgan fingerprint density at radius 3 is 2.50 bits per heavy atom. The topological polar surface area (TPSA) is 68.4 Å². The molecule has 1 fully saturated rings. The zero-order chi connectivity index (χ0) is 26.8. The number of pyridine rings is 1. The van der Waals surface area contributed by atoms with E-state index in [2.05, 4.69) is 59.4 Å². The molecule has 0 saturated heterocycles. The minimum absolute atomic E-state index is 0.0653. The number of hydrogen-bond donors (Lipinski definition) is 2. The van der Waals surface area contributed by atoms with Gasteiger partial charge in [0.25, 0.3) is 11.5 Å². The van der Waals surface area contributed by atoms with E-state index in [9.17, 15) is 9.59 Å². The fourth-order valence-electron chi connectivity index (χ4n) is 6.22. The number of fused-ring (bicyclic) bond motifs is 1. The van der Waals surface area contributed by atoms with Gasteiger partial charge in [0, 0.05) is 54.3 Å². The van der Waals surface area contributed by atoms with Crippen LogP contribution < -0.4 is 15.8 Å². The molecule has 1 saturated carbocycles. The largest absolute Gasteiger partial charge is 0.361 e. The maximum absolute atomic E-state index is 13.7. The lowest BCUT2D eigenvalue weighted by molar-refractivity contribution is 0.0727. The van der Waals surface area contributed by atoms with Crippen LogP contribution in [0.3, 0.4) is 0 Å². The Balaban J connectivity index is 1.26. The fourth-order valence-corrected chi connectivity index (χ4v) is 7.64. The van der Waals surface area contributed by atoms with E-state index in [-0.39, 0.29) is 11.5 Å². The molecular formula is C31H40N4O2S. The molecule has 5 rings (SSSR count). The van der Waals surface area contributed by atoms with Crippen molar-refractivity contribution in [3.63, 3.8) is 0 Å². The van der Waals surface area contributed by atoms with Crippen LogP contribution >= 0.6 is 11.3 Å². The summed E-state index contributed by atoms with van der Waals surface area (Å²) in [5.41, 5.74) is 5.71. The maximum atomic E-state index is 13.7. The second kappa shape index (κ2) is 11.5. The third kappa shape index (κ3) is 5.45. The van der Waals surface area contributed by atoms with Gasteiger partial charge in [-0.1, -0.05) is 30.3 Å². The Labute approximate surface area is 230 Å². The van der Waals surface area contributed by atoms with Gasteiger partial charge in [0.1, 0.15) is 0 Å². The number of aryl methyl sites for hydroxylation is 2. The van der Waals surface area contributed by atoms with Crippen LogP contribution in [0.25, 0.3) is 0 Å². The van der Waals surface area contributed by atoms with Crippen LogP contribution in [-0.4, -0.2) is 41.0 Å². The summed E-state index contributed by atoms with van der Waals surface area (Å²) in [5.74, 6) is 0.0653. The van der Waals surface area contributed by atoms with E-state index in [1.54, 1.807) is 0 Å². The zero-order valence-corrected chi connectivity index (χ0v) is 23.9. The lowest BCUT2D eigenvalue weighted by Crippen LogP contribution is -2.42. The van der Waals surface area contributed by atoms with Gasteiger partial charge in [-0.05, 0) is 76.1 Å². The van der Waals surface area contributed by atoms with Gasteiger partial charge in [-0.15, -0.1) is 11.3 Å². The number of carbonyl (C=O) groups excluding carboxylic acids is 1. The van der Waals surface area contributed by atoms with Crippen molar-refractivity contribution < 1.29 is 4.79 Å². The number of thiophene rings is 1. The highest BCUT2D eigenvalue weighted by molar-refractivity contribution is 7.16. The summed E-state index contributed by atoms with van der Waals surface area (Å²) in [4.78, 5) is 34.8. The highest BCUT2D eigenvalue weighted by atomic mass is 32.1. The molecule has 3 heterocycles. The summed E-state index contributed by atoms with van der Waals surface area (Å²) in [6.45, 7) is 11.1. The smallest absolute Gasteiger partial charge is 0.255 e. The van der Waals surface area contributed by atoms with E-state index in [0.29, 0.717) is 30.7 Å². The molecule has 3 aromatic rings. The van der Waals surface area contributed by atoms with Crippen molar-refractivity contribution in [1.82, 2.24) is 15.2 Å². The summed E-state index contributed by atoms with van der Waals surface area (Å²) >= 11 is 1.81. The van der Waals surface area contributed by atoms with Crippen molar-refractivity contribution in [1.29, 1.82) is 0 Å². The molecule has 0 spiro atoms. The van der Waals surface area contributed by atoms with E-state index in [1.165, 1.54) is 28.3 Å². The molecule has 0 atom stereocenters. The molecule has 0 radical (unpaired) electrons. The Bertz CT molecular complexity index is 1340. The molecule has 1 aromatic carbocycles. The first-order chi connectivity index (χ1) is 18.4. The van der Waals surface area contributed by atoms with Gasteiger partial charge in [0.15, 0.2) is 0 Å². The number of carbonyl (C=O) groups is 1. The highest BCUT2D eigenvalue weighted by Crippen LogP contribution is 2.41. The van der Waals surface area contributed by atoms with Gasteiger partial charge in [-0.2, -0.15) is 0 Å². The minimum Gasteiger partial charge on any atom is -0.361 e. The van der Waals surface area contributed by atoms with Crippen LogP contribution in [0.1, 0.15) is 75.8 Å². The van der Waals surface area contributed by atoms with Crippen LogP contribution in [0.15, 0.2) is 41.2 Å². The van der Waals surface area contributed by atoms with Crippen LogP contribution in [0.4, 0.5) is 5.00 Å². The number of aromatic amines is 1. The predicted octanol–water partition coefficient (Wildman–Crippen LogP) is 5.49. The van der Waals surface area contributed by atoms with Gasteiger partial charge in [-0.3, -0.25) is 9.59 Å². The van der Waals surface area contributed by atoms with Crippen molar-refractivity contribution in [2.75, 3.05) is 18.0 Å². The second-order valence-corrected chi connectivity index (χ2v) is 12.0. The fraction of sp³-hybridized carbons (Fsp3) is 0.484. The molecular weight excluding hydrogens is 492 g/mol. The molecule has 202 valence electrons. The summed E-state index contributed by atoms with van der Waals surface area (Å²) in [6.07, 6.45) is 5.53. The highest BCUT2D eigenvalue weighted by Gasteiger charge is 2.34. The Hall–Kier alpha value is -2.90. The summed E-state index contributed by atoms with van der Waals surface area (Å²) < 4.78 is 0. The molecule has 38 heavy (non-hydrogen) atoms. The quantitative estimate of drug-likeness (QED) is 0.403. The number of amides is 1. The first kappa shape index (κ1) is 26.7. The number of anilines is 1. The third-order valence-corrected chi connectivity index (χ3v) is 9.71. The Morgan fingerprint density at radius 1 is 1.08 bits per heavy atom. The number of benzene rings is 1. The van der Waals surface area contributed by atoms with Gasteiger partial charge in [0.2, 0.25) is 0 Å². The van der Waals surface area contributed by atoms with Gasteiger partial charge in [-0.25, -0.2) is 0 Å². The van der Waals surface area contributed by atoms with Crippen molar-refractivity contribution in [3.8, 4) is 0 Å². The Morgan fingerprint density at radius 2 is 1.82 bits per heavy atom. The van der Waals surface area contributed by atoms with Crippen LogP contribution in [0.2, 0.25) is 0 Å². The predicted molar refractivity (Wildman–Crippen MR) is 156 cm³/mol. The van der Waals surface area contributed by atoms with Gasteiger partial charge < -0.3 is 20.1 Å². The van der Waals surface area contributed by atoms with Crippen LogP contribution in [-0.2, 0) is 19.5 Å². The summed E-state index contributed by atoms with van der Waals surface area (Å²) in [6, 6.07) is 13.7. The molecule has 2 N–H and O–H groups in total. The van der Waals surface area contributed by atoms with Gasteiger partial charge >= 0.3 is 0 Å². The van der Waals surface area contributed by atoms with Crippen LogP contribution in [0.5, 0.6) is 0 Å². The van der Waals surface area contributed by atoms with Crippen LogP contribution in [0, 0.1) is 20.8 Å². The molecule has 1 aliphatic carbocycles. The number of rotatable bonds is 8. The average molecular weight is 533 g/mol. The summed E-state index contributed by atoms with van der Waals surface area (Å²) in [7, 11) is 0. The van der Waals surface area contributed by atoms with E-state index in [0.717, 1.165) is 54.7 Å². The molecule has 6 nitrogen and oxygen atoms in total.